The van der Waals surface area contributed by atoms with E-state index < -0.39 is 0 Å². The van der Waals surface area contributed by atoms with Crippen LogP contribution in [0.5, 0.6) is 0 Å². The van der Waals surface area contributed by atoms with E-state index in [1.807, 2.05) is 6.20 Å². The van der Waals surface area contributed by atoms with Gasteiger partial charge in [0.25, 0.3) is 0 Å². The maximum absolute atomic E-state index is 3.08. The van der Waals surface area contributed by atoms with E-state index in [1.165, 1.54) is 0 Å². The molecule has 0 aromatic heterocycles. The van der Waals surface area contributed by atoms with Gasteiger partial charge in [-0.3, -0.25) is 5.01 Å². The van der Waals surface area contributed by atoms with Crippen molar-refractivity contribution in [2.75, 3.05) is 0 Å². The molecule has 0 aliphatic carbocycles. The van der Waals surface area contributed by atoms with Crippen molar-refractivity contribution < 1.29 is 0 Å². The maximum Gasteiger partial charge on any atom is 0.0729 e. The minimum absolute atomic E-state index is 0.606. The van der Waals surface area contributed by atoms with E-state index in [9.17, 15) is 0 Å². The standard InChI is InChI=1S/C6H8N2/c1-2-6-3-4-7-8(6)5-1/h1,3-7H,2H2. The van der Waals surface area contributed by atoms with Crippen LogP contribution in [0.2, 0.25) is 0 Å². The van der Waals surface area contributed by atoms with Gasteiger partial charge in [0.05, 0.1) is 6.04 Å². The second kappa shape index (κ2) is 1.28. The SMILES string of the molecule is C1=CN2NC=CC2C1. The lowest BCUT2D eigenvalue weighted by atomic mass is 10.2. The van der Waals surface area contributed by atoms with Crippen LogP contribution in [0, 0.1) is 0 Å². The van der Waals surface area contributed by atoms with Crippen LogP contribution < -0.4 is 5.43 Å². The molecule has 0 aromatic rings. The molecule has 2 rings (SSSR count). The van der Waals surface area contributed by atoms with Crippen molar-refractivity contribution in [2.24, 2.45) is 0 Å². The number of hydrogen-bond donors (Lipinski definition) is 1. The normalized spacial score (nSPS) is 31.0. The fourth-order valence-electron chi connectivity index (χ4n) is 1.09. The largest absolute Gasteiger partial charge is 0.306 e. The van der Waals surface area contributed by atoms with Crippen molar-refractivity contribution >= 4 is 0 Å². The first-order valence-corrected chi connectivity index (χ1v) is 2.85. The molecule has 1 atom stereocenters. The zero-order valence-corrected chi connectivity index (χ0v) is 4.54. The van der Waals surface area contributed by atoms with Gasteiger partial charge in [0, 0.05) is 12.4 Å². The van der Waals surface area contributed by atoms with Crippen molar-refractivity contribution in [1.82, 2.24) is 10.4 Å². The van der Waals surface area contributed by atoms with Gasteiger partial charge in [-0.25, -0.2) is 0 Å². The summed E-state index contributed by atoms with van der Waals surface area (Å²) in [4.78, 5) is 0. The third-order valence-electron chi connectivity index (χ3n) is 1.54. The van der Waals surface area contributed by atoms with Crippen LogP contribution in [0.4, 0.5) is 0 Å². The minimum atomic E-state index is 0.606. The zero-order chi connectivity index (χ0) is 5.40. The van der Waals surface area contributed by atoms with Crippen LogP contribution in [0.3, 0.4) is 0 Å². The molecule has 2 aliphatic rings. The summed E-state index contributed by atoms with van der Waals surface area (Å²) < 4.78 is 0. The molecule has 2 nitrogen and oxygen atoms in total. The highest BCUT2D eigenvalue weighted by Crippen LogP contribution is 2.15. The number of fused-ring (bicyclic) bond motifs is 1. The summed E-state index contributed by atoms with van der Waals surface area (Å²) in [7, 11) is 0. The highest BCUT2D eigenvalue weighted by molar-refractivity contribution is 5.10. The van der Waals surface area contributed by atoms with Crippen LogP contribution in [-0.2, 0) is 0 Å². The molecule has 1 N–H and O–H groups in total. The third-order valence-corrected chi connectivity index (χ3v) is 1.54. The molecule has 2 heterocycles. The summed E-state index contributed by atoms with van der Waals surface area (Å²) in [6.45, 7) is 0. The Hall–Kier alpha value is -0.920. The molecule has 0 saturated heterocycles. The Morgan fingerprint density at radius 3 is 3.50 bits per heavy atom. The van der Waals surface area contributed by atoms with E-state index in [2.05, 4.69) is 28.8 Å². The lowest BCUT2D eigenvalue weighted by Gasteiger charge is -2.14. The third kappa shape index (κ3) is 0.372. The first-order chi connectivity index (χ1) is 3.97. The minimum Gasteiger partial charge on any atom is -0.306 e. The van der Waals surface area contributed by atoms with Crippen molar-refractivity contribution in [3.63, 3.8) is 0 Å². The molecular weight excluding hydrogens is 100 g/mol. The molecule has 0 fully saturated rings. The molecule has 0 radical (unpaired) electrons. The van der Waals surface area contributed by atoms with Gasteiger partial charge in [0.1, 0.15) is 0 Å². The molecular formula is C6H8N2. The summed E-state index contributed by atoms with van der Waals surface area (Å²) >= 11 is 0. The molecule has 1 unspecified atom stereocenters. The molecule has 2 aliphatic heterocycles. The van der Waals surface area contributed by atoms with Crippen molar-refractivity contribution in [3.05, 3.63) is 24.6 Å². The Balaban J connectivity index is 2.20. The van der Waals surface area contributed by atoms with Gasteiger partial charge in [0.15, 0.2) is 0 Å². The van der Waals surface area contributed by atoms with Gasteiger partial charge in [-0.05, 0) is 12.5 Å². The van der Waals surface area contributed by atoms with Crippen LogP contribution in [-0.4, -0.2) is 11.1 Å². The fraction of sp³-hybridized carbons (Fsp3) is 0.333. The molecule has 0 aromatic carbocycles. The summed E-state index contributed by atoms with van der Waals surface area (Å²) in [5, 5.41) is 2.10. The lowest BCUT2D eigenvalue weighted by Crippen LogP contribution is -2.28. The van der Waals surface area contributed by atoms with Gasteiger partial charge in [-0.1, -0.05) is 6.08 Å². The summed E-state index contributed by atoms with van der Waals surface area (Å²) in [5.41, 5.74) is 3.08. The molecule has 0 spiro atoms. The molecule has 42 valence electrons. The van der Waals surface area contributed by atoms with Gasteiger partial charge < -0.3 is 5.43 Å². The summed E-state index contributed by atoms with van der Waals surface area (Å²) in [6.07, 6.45) is 9.55. The van der Waals surface area contributed by atoms with Crippen LogP contribution in [0.1, 0.15) is 6.42 Å². The highest BCUT2D eigenvalue weighted by Gasteiger charge is 2.18. The second-order valence-electron chi connectivity index (χ2n) is 2.08. The Labute approximate surface area is 48.5 Å². The topological polar surface area (TPSA) is 15.3 Å². The number of nitrogens with zero attached hydrogens (tertiary/aromatic N) is 1. The van der Waals surface area contributed by atoms with Crippen LogP contribution in [0.25, 0.3) is 0 Å². The van der Waals surface area contributed by atoms with Crippen molar-refractivity contribution in [1.29, 1.82) is 0 Å². The quantitative estimate of drug-likeness (QED) is 0.489. The molecule has 0 bridgehead atoms. The number of hydrazine groups is 1. The summed E-state index contributed by atoms with van der Waals surface area (Å²) in [5.74, 6) is 0. The smallest absolute Gasteiger partial charge is 0.0729 e. The number of nitrogens with one attached hydrogen (secondary N) is 1. The van der Waals surface area contributed by atoms with E-state index in [0.29, 0.717) is 6.04 Å². The second-order valence-corrected chi connectivity index (χ2v) is 2.08. The zero-order valence-electron chi connectivity index (χ0n) is 4.54. The average molecular weight is 108 g/mol. The van der Waals surface area contributed by atoms with Gasteiger partial charge >= 0.3 is 0 Å². The van der Waals surface area contributed by atoms with Crippen LogP contribution in [0.15, 0.2) is 24.6 Å². The Kier molecular flexibility index (Phi) is 0.640. The fourth-order valence-corrected chi connectivity index (χ4v) is 1.09. The Morgan fingerprint density at radius 2 is 2.62 bits per heavy atom. The first-order valence-electron chi connectivity index (χ1n) is 2.85. The molecule has 0 saturated carbocycles. The van der Waals surface area contributed by atoms with E-state index in [4.69, 9.17) is 0 Å². The Bertz CT molecular complexity index is 131. The van der Waals surface area contributed by atoms with Gasteiger partial charge in [-0.2, -0.15) is 0 Å². The van der Waals surface area contributed by atoms with Crippen LogP contribution >= 0.6 is 0 Å². The first kappa shape index (κ1) is 4.01. The molecule has 8 heavy (non-hydrogen) atoms. The number of hydrogen-bond acceptors (Lipinski definition) is 2. The van der Waals surface area contributed by atoms with E-state index in [-0.39, 0.29) is 0 Å². The molecule has 2 heteroatoms. The average Bonchev–Trinajstić information content (AvgIpc) is 2.15. The molecule has 0 amide bonds. The van der Waals surface area contributed by atoms with Gasteiger partial charge in [0.2, 0.25) is 0 Å². The van der Waals surface area contributed by atoms with Crippen molar-refractivity contribution in [3.8, 4) is 0 Å². The van der Waals surface area contributed by atoms with E-state index >= 15 is 0 Å². The lowest BCUT2D eigenvalue weighted by molar-refractivity contribution is 0.315. The maximum atomic E-state index is 3.08. The monoisotopic (exact) mass is 108 g/mol. The Morgan fingerprint density at radius 1 is 1.62 bits per heavy atom. The number of rotatable bonds is 0. The van der Waals surface area contributed by atoms with E-state index in [0.717, 1.165) is 6.42 Å². The van der Waals surface area contributed by atoms with E-state index in [1.54, 1.807) is 0 Å². The summed E-state index contributed by atoms with van der Waals surface area (Å²) in [6, 6.07) is 0.606. The van der Waals surface area contributed by atoms with Gasteiger partial charge in [-0.15, -0.1) is 0 Å². The predicted molar refractivity (Wildman–Crippen MR) is 31.7 cm³/mol. The predicted octanol–water partition coefficient (Wildman–Crippen LogP) is 0.606. The van der Waals surface area contributed by atoms with Crippen molar-refractivity contribution in [2.45, 2.75) is 12.5 Å². The highest BCUT2D eigenvalue weighted by atomic mass is 15.5.